The van der Waals surface area contributed by atoms with Crippen LogP contribution in [0.15, 0.2) is 24.3 Å². The highest BCUT2D eigenvalue weighted by Gasteiger charge is 2.21. The Bertz CT molecular complexity index is 769. The highest BCUT2D eigenvalue weighted by Crippen LogP contribution is 2.19. The first-order valence-corrected chi connectivity index (χ1v) is 8.14. The van der Waals surface area contributed by atoms with Crippen molar-refractivity contribution in [2.45, 2.75) is 33.6 Å². The van der Waals surface area contributed by atoms with E-state index in [2.05, 4.69) is 5.10 Å². The Morgan fingerprint density at radius 1 is 1.24 bits per heavy atom. The van der Waals surface area contributed by atoms with Crippen LogP contribution in [0, 0.1) is 19.7 Å². The standard InChI is InChI=1S/C18H22FN3O3/c1-4-9-21(11-18(24)25)17(23)10-16-12(2)20-22(13(16)3)15-7-5-14(19)6-8-15/h5-8H,4,9-11H2,1-3H3,(H,24,25). The summed E-state index contributed by atoms with van der Waals surface area (Å²) in [6, 6.07) is 5.95. The highest BCUT2D eigenvalue weighted by atomic mass is 19.1. The molecule has 0 aliphatic carbocycles. The molecule has 0 saturated heterocycles. The van der Waals surface area contributed by atoms with Gasteiger partial charge in [0, 0.05) is 17.8 Å². The molecule has 134 valence electrons. The predicted molar refractivity (Wildman–Crippen MR) is 91.2 cm³/mol. The second-order valence-corrected chi connectivity index (χ2v) is 5.92. The number of amides is 1. The van der Waals surface area contributed by atoms with Crippen LogP contribution in [0.3, 0.4) is 0 Å². The van der Waals surface area contributed by atoms with Crippen LogP contribution in [0.2, 0.25) is 0 Å². The summed E-state index contributed by atoms with van der Waals surface area (Å²) in [6.07, 6.45) is 0.776. The molecular weight excluding hydrogens is 325 g/mol. The minimum absolute atomic E-state index is 0.0894. The average Bonchev–Trinajstić information content (AvgIpc) is 2.83. The molecule has 0 fully saturated rings. The minimum Gasteiger partial charge on any atom is -0.480 e. The number of carboxylic acid groups (broad SMARTS) is 1. The molecule has 0 saturated carbocycles. The van der Waals surface area contributed by atoms with Crippen molar-refractivity contribution in [1.29, 1.82) is 0 Å². The van der Waals surface area contributed by atoms with Gasteiger partial charge in [0.1, 0.15) is 12.4 Å². The fourth-order valence-corrected chi connectivity index (χ4v) is 2.75. The first-order chi connectivity index (χ1) is 11.8. The molecule has 0 spiro atoms. The molecule has 0 bridgehead atoms. The summed E-state index contributed by atoms with van der Waals surface area (Å²) in [7, 11) is 0. The molecule has 7 heteroatoms. The molecule has 1 amide bonds. The van der Waals surface area contributed by atoms with Gasteiger partial charge < -0.3 is 10.0 Å². The van der Waals surface area contributed by atoms with Crippen LogP contribution in [0.4, 0.5) is 4.39 Å². The topological polar surface area (TPSA) is 75.4 Å². The molecule has 25 heavy (non-hydrogen) atoms. The van der Waals surface area contributed by atoms with Crippen LogP contribution >= 0.6 is 0 Å². The molecule has 0 atom stereocenters. The summed E-state index contributed by atoms with van der Waals surface area (Å²) in [5.74, 6) is -1.60. The number of carboxylic acids is 1. The van der Waals surface area contributed by atoms with Crippen molar-refractivity contribution in [3.8, 4) is 5.69 Å². The van der Waals surface area contributed by atoms with E-state index in [0.717, 1.165) is 11.3 Å². The van der Waals surface area contributed by atoms with E-state index < -0.39 is 5.97 Å². The molecule has 2 aromatic rings. The van der Waals surface area contributed by atoms with Gasteiger partial charge in [-0.3, -0.25) is 9.59 Å². The number of hydrogen-bond donors (Lipinski definition) is 1. The van der Waals surface area contributed by atoms with Gasteiger partial charge in [0.25, 0.3) is 0 Å². The summed E-state index contributed by atoms with van der Waals surface area (Å²) in [6.45, 7) is 5.63. The first kappa shape index (κ1) is 18.6. The maximum atomic E-state index is 13.1. The molecular formula is C18H22FN3O3. The summed E-state index contributed by atoms with van der Waals surface area (Å²) < 4.78 is 14.8. The van der Waals surface area contributed by atoms with E-state index in [1.54, 1.807) is 23.7 Å². The van der Waals surface area contributed by atoms with Gasteiger partial charge in [-0.25, -0.2) is 9.07 Å². The number of carbonyl (C=O) groups excluding carboxylic acids is 1. The number of aryl methyl sites for hydroxylation is 1. The molecule has 0 aliphatic heterocycles. The Morgan fingerprint density at radius 2 is 1.88 bits per heavy atom. The van der Waals surface area contributed by atoms with Crippen molar-refractivity contribution >= 4 is 11.9 Å². The van der Waals surface area contributed by atoms with Crippen LogP contribution in [-0.2, 0) is 16.0 Å². The Labute approximate surface area is 145 Å². The number of aliphatic carboxylic acids is 1. The summed E-state index contributed by atoms with van der Waals surface area (Å²) in [4.78, 5) is 24.8. The van der Waals surface area contributed by atoms with Crippen molar-refractivity contribution in [2.75, 3.05) is 13.1 Å². The normalized spacial score (nSPS) is 10.7. The van der Waals surface area contributed by atoms with Gasteiger partial charge in [0.15, 0.2) is 0 Å². The molecule has 1 aromatic heterocycles. The quantitative estimate of drug-likeness (QED) is 0.835. The van der Waals surface area contributed by atoms with Crippen LogP contribution in [0.5, 0.6) is 0 Å². The smallest absolute Gasteiger partial charge is 0.323 e. The van der Waals surface area contributed by atoms with Gasteiger partial charge in [-0.05, 0) is 44.5 Å². The number of benzene rings is 1. The number of carbonyl (C=O) groups is 2. The Hall–Kier alpha value is -2.70. The van der Waals surface area contributed by atoms with E-state index in [4.69, 9.17) is 5.11 Å². The number of rotatable bonds is 7. The number of hydrogen-bond acceptors (Lipinski definition) is 3. The molecule has 0 unspecified atom stereocenters. The summed E-state index contributed by atoms with van der Waals surface area (Å²) in [5.41, 5.74) is 2.95. The van der Waals surface area contributed by atoms with Gasteiger partial charge in [0.2, 0.25) is 5.91 Å². The average molecular weight is 347 g/mol. The van der Waals surface area contributed by atoms with Gasteiger partial charge in [0.05, 0.1) is 17.8 Å². The van der Waals surface area contributed by atoms with Crippen molar-refractivity contribution in [2.24, 2.45) is 0 Å². The Kier molecular flexibility index (Phi) is 5.90. The molecule has 1 heterocycles. The van der Waals surface area contributed by atoms with Crippen molar-refractivity contribution < 1.29 is 19.1 Å². The third kappa shape index (κ3) is 4.43. The maximum absolute atomic E-state index is 13.1. The third-order valence-electron chi connectivity index (χ3n) is 4.01. The van der Waals surface area contributed by atoms with Crippen LogP contribution in [-0.4, -0.2) is 44.8 Å². The summed E-state index contributed by atoms with van der Waals surface area (Å²) in [5, 5.41) is 13.4. The monoisotopic (exact) mass is 347 g/mol. The fraction of sp³-hybridized carbons (Fsp3) is 0.389. The van der Waals surface area contributed by atoms with Crippen LogP contribution in [0.1, 0.15) is 30.3 Å². The molecule has 6 nitrogen and oxygen atoms in total. The molecule has 2 rings (SSSR count). The molecule has 1 aromatic carbocycles. The predicted octanol–water partition coefficient (Wildman–Crippen LogP) is 2.49. The van der Waals surface area contributed by atoms with E-state index in [-0.39, 0.29) is 24.7 Å². The molecule has 1 N–H and O–H groups in total. The maximum Gasteiger partial charge on any atom is 0.323 e. The molecule has 0 aliphatic rings. The SMILES string of the molecule is CCCN(CC(=O)O)C(=O)Cc1c(C)nn(-c2ccc(F)cc2)c1C. The minimum atomic E-state index is -1.03. The lowest BCUT2D eigenvalue weighted by Crippen LogP contribution is -2.37. The van der Waals surface area contributed by atoms with Gasteiger partial charge >= 0.3 is 5.97 Å². The van der Waals surface area contributed by atoms with Crippen LogP contribution < -0.4 is 0 Å². The Balaban J connectivity index is 2.26. The van der Waals surface area contributed by atoms with Crippen LogP contribution in [0.25, 0.3) is 5.69 Å². The van der Waals surface area contributed by atoms with Gasteiger partial charge in [-0.2, -0.15) is 5.10 Å². The molecule has 0 radical (unpaired) electrons. The third-order valence-corrected chi connectivity index (χ3v) is 4.01. The zero-order valence-corrected chi connectivity index (χ0v) is 14.6. The van der Waals surface area contributed by atoms with Gasteiger partial charge in [-0.15, -0.1) is 0 Å². The fourth-order valence-electron chi connectivity index (χ4n) is 2.75. The number of nitrogens with zero attached hydrogens (tertiary/aromatic N) is 3. The second-order valence-electron chi connectivity index (χ2n) is 5.92. The van der Waals surface area contributed by atoms with Crippen molar-refractivity contribution in [3.05, 3.63) is 47.0 Å². The van der Waals surface area contributed by atoms with Crippen molar-refractivity contribution in [1.82, 2.24) is 14.7 Å². The first-order valence-electron chi connectivity index (χ1n) is 8.14. The van der Waals surface area contributed by atoms with E-state index in [1.165, 1.54) is 17.0 Å². The number of aromatic nitrogens is 2. The largest absolute Gasteiger partial charge is 0.480 e. The lowest BCUT2D eigenvalue weighted by molar-refractivity contribution is -0.144. The Morgan fingerprint density at radius 3 is 2.44 bits per heavy atom. The lowest BCUT2D eigenvalue weighted by Gasteiger charge is -2.20. The van der Waals surface area contributed by atoms with E-state index in [9.17, 15) is 14.0 Å². The zero-order chi connectivity index (χ0) is 18.6. The summed E-state index contributed by atoms with van der Waals surface area (Å²) >= 11 is 0. The zero-order valence-electron chi connectivity index (χ0n) is 14.6. The van der Waals surface area contributed by atoms with Crippen molar-refractivity contribution in [3.63, 3.8) is 0 Å². The second kappa shape index (κ2) is 7.92. The van der Waals surface area contributed by atoms with Gasteiger partial charge in [-0.1, -0.05) is 6.92 Å². The van der Waals surface area contributed by atoms with E-state index in [0.29, 0.717) is 24.3 Å². The number of halogens is 1. The lowest BCUT2D eigenvalue weighted by atomic mass is 10.1. The van der Waals surface area contributed by atoms with E-state index >= 15 is 0 Å². The van der Waals surface area contributed by atoms with E-state index in [1.807, 2.05) is 13.8 Å². The highest BCUT2D eigenvalue weighted by molar-refractivity contribution is 5.83.